The molecule has 1 fully saturated rings. The molecule has 25 heavy (non-hydrogen) atoms. The van der Waals surface area contributed by atoms with Crippen LogP contribution in [-0.4, -0.2) is 15.3 Å². The van der Waals surface area contributed by atoms with Crippen molar-refractivity contribution in [2.75, 3.05) is 10.5 Å². The van der Waals surface area contributed by atoms with Gasteiger partial charge in [-0.3, -0.25) is 4.79 Å². The van der Waals surface area contributed by atoms with Crippen LogP contribution in [0.2, 0.25) is 0 Å². The number of rotatable bonds is 5. The topological polar surface area (TPSA) is 46.9 Å². The second-order valence-corrected chi connectivity index (χ2v) is 8.66. The van der Waals surface area contributed by atoms with E-state index in [0.717, 1.165) is 33.6 Å². The summed E-state index contributed by atoms with van der Waals surface area (Å²) < 4.78 is 6.29. The average Bonchev–Trinajstić information content (AvgIpc) is 3.36. The number of hydrogen-bond acceptors (Lipinski definition) is 5. The summed E-state index contributed by atoms with van der Waals surface area (Å²) in [4.78, 5) is 17.0. The van der Waals surface area contributed by atoms with Crippen molar-refractivity contribution in [1.82, 2.24) is 9.55 Å². The van der Waals surface area contributed by atoms with Crippen LogP contribution in [0.5, 0.6) is 0 Å². The summed E-state index contributed by atoms with van der Waals surface area (Å²) in [5, 5.41) is 1.25. The van der Waals surface area contributed by atoms with Crippen molar-refractivity contribution in [3.8, 4) is 11.1 Å². The molecule has 3 aromatic rings. The highest BCUT2D eigenvalue weighted by molar-refractivity contribution is 8.00. The first-order valence-electron chi connectivity index (χ1n) is 8.56. The summed E-state index contributed by atoms with van der Waals surface area (Å²) in [6, 6.07) is 6.31. The van der Waals surface area contributed by atoms with E-state index in [4.69, 9.17) is 4.98 Å². The molecule has 0 amide bonds. The van der Waals surface area contributed by atoms with Crippen molar-refractivity contribution in [3.63, 3.8) is 0 Å². The van der Waals surface area contributed by atoms with E-state index in [1.807, 2.05) is 26.2 Å². The van der Waals surface area contributed by atoms with Crippen molar-refractivity contribution >= 4 is 39.2 Å². The molecular weight excluding hydrogens is 350 g/mol. The maximum absolute atomic E-state index is 12.1. The predicted molar refractivity (Wildman–Crippen MR) is 109 cm³/mol. The number of hydrogen-bond donors (Lipinski definition) is 1. The fourth-order valence-corrected chi connectivity index (χ4v) is 4.69. The van der Waals surface area contributed by atoms with Gasteiger partial charge in [0.05, 0.1) is 15.2 Å². The second kappa shape index (κ2) is 6.50. The molecule has 0 saturated heterocycles. The first-order valence-corrected chi connectivity index (χ1v) is 10.4. The molecule has 6 heteroatoms. The molecule has 0 spiro atoms. The molecule has 4 rings (SSSR count). The summed E-state index contributed by atoms with van der Waals surface area (Å²) >= 11 is 3.48. The van der Waals surface area contributed by atoms with Gasteiger partial charge in [-0.05, 0) is 38.0 Å². The molecule has 0 unspecified atom stereocenters. The maximum Gasteiger partial charge on any atom is 0.253 e. The largest absolute Gasteiger partial charge is 0.330 e. The van der Waals surface area contributed by atoms with Crippen LogP contribution >= 0.6 is 23.3 Å². The highest BCUT2D eigenvalue weighted by Gasteiger charge is 2.27. The van der Waals surface area contributed by atoms with Crippen molar-refractivity contribution in [2.24, 2.45) is 7.05 Å². The Hall–Kier alpha value is -1.79. The van der Waals surface area contributed by atoms with E-state index in [9.17, 15) is 4.79 Å². The first-order chi connectivity index (χ1) is 12.1. The van der Waals surface area contributed by atoms with Gasteiger partial charge in [0.1, 0.15) is 0 Å². The minimum absolute atomic E-state index is 0.0544. The standard InChI is InChI=1S/C19H21N3OS2/c1-4-24-21-14-8-15(13-7-11(2)19(23)22(3)10-13)17-16(9-14)20-18(25-17)12-5-6-12/h7-10,12,21H,4-6H2,1-3H3. The van der Waals surface area contributed by atoms with Crippen LogP contribution in [-0.2, 0) is 7.05 Å². The van der Waals surface area contributed by atoms with Crippen LogP contribution in [0.15, 0.2) is 29.2 Å². The number of nitrogens with one attached hydrogen (secondary N) is 1. The Bertz CT molecular complexity index is 976. The number of nitrogens with zero attached hydrogens (tertiary/aromatic N) is 2. The van der Waals surface area contributed by atoms with Crippen molar-refractivity contribution < 1.29 is 0 Å². The van der Waals surface area contributed by atoms with Gasteiger partial charge in [-0.2, -0.15) is 0 Å². The quantitative estimate of drug-likeness (QED) is 0.646. The summed E-state index contributed by atoms with van der Waals surface area (Å²) in [5.74, 6) is 1.64. The van der Waals surface area contributed by atoms with Gasteiger partial charge in [0.25, 0.3) is 5.56 Å². The number of aryl methyl sites for hydroxylation is 2. The van der Waals surface area contributed by atoms with Crippen LogP contribution in [0, 0.1) is 6.92 Å². The Labute approximate surface area is 155 Å². The zero-order valence-corrected chi connectivity index (χ0v) is 16.3. The van der Waals surface area contributed by atoms with Gasteiger partial charge in [-0.15, -0.1) is 11.3 Å². The lowest BCUT2D eigenvalue weighted by Gasteiger charge is -2.10. The van der Waals surface area contributed by atoms with Crippen LogP contribution in [0.1, 0.15) is 36.3 Å². The zero-order valence-electron chi connectivity index (χ0n) is 14.6. The average molecular weight is 372 g/mol. The van der Waals surface area contributed by atoms with Crippen molar-refractivity contribution in [1.29, 1.82) is 0 Å². The molecule has 2 aromatic heterocycles. The van der Waals surface area contributed by atoms with Gasteiger partial charge in [-0.25, -0.2) is 4.98 Å². The summed E-state index contributed by atoms with van der Waals surface area (Å²) in [5.41, 5.74) is 5.16. The molecule has 1 saturated carbocycles. The predicted octanol–water partition coefficient (Wildman–Crippen LogP) is 4.93. The third kappa shape index (κ3) is 3.20. The molecule has 130 valence electrons. The van der Waals surface area contributed by atoms with Gasteiger partial charge in [0.2, 0.25) is 0 Å². The monoisotopic (exact) mass is 371 g/mol. The third-order valence-corrected chi connectivity index (χ3v) is 6.38. The van der Waals surface area contributed by atoms with Crippen molar-refractivity contribution in [3.05, 3.63) is 45.3 Å². The number of thiazole rings is 1. The highest BCUT2D eigenvalue weighted by Crippen LogP contribution is 2.45. The zero-order chi connectivity index (χ0) is 17.6. The molecule has 1 aliphatic rings. The second-order valence-electron chi connectivity index (χ2n) is 6.56. The highest BCUT2D eigenvalue weighted by atomic mass is 32.2. The van der Waals surface area contributed by atoms with E-state index in [1.165, 1.54) is 22.5 Å². The Morgan fingerprint density at radius 3 is 2.84 bits per heavy atom. The molecule has 1 aliphatic carbocycles. The Kier molecular flexibility index (Phi) is 4.33. The number of fused-ring (bicyclic) bond motifs is 1. The lowest BCUT2D eigenvalue weighted by Crippen LogP contribution is -2.18. The molecule has 0 radical (unpaired) electrons. The van der Waals surface area contributed by atoms with Crippen LogP contribution in [0.4, 0.5) is 5.69 Å². The molecule has 1 N–H and O–H groups in total. The normalized spacial score (nSPS) is 14.2. The van der Waals surface area contributed by atoms with E-state index < -0.39 is 0 Å². The maximum atomic E-state index is 12.1. The van der Waals surface area contributed by atoms with E-state index in [0.29, 0.717) is 5.92 Å². The van der Waals surface area contributed by atoms with Crippen LogP contribution in [0.25, 0.3) is 21.3 Å². The summed E-state index contributed by atoms with van der Waals surface area (Å²) in [6.45, 7) is 4.00. The molecule has 0 aliphatic heterocycles. The smallest absolute Gasteiger partial charge is 0.253 e. The van der Waals surface area contributed by atoms with Crippen molar-refractivity contribution in [2.45, 2.75) is 32.6 Å². The van der Waals surface area contributed by atoms with E-state index in [1.54, 1.807) is 27.9 Å². The van der Waals surface area contributed by atoms with Gasteiger partial charge < -0.3 is 9.29 Å². The molecule has 0 atom stereocenters. The Morgan fingerprint density at radius 2 is 2.16 bits per heavy atom. The molecular formula is C19H21N3OS2. The minimum Gasteiger partial charge on any atom is -0.330 e. The van der Waals surface area contributed by atoms with E-state index in [2.05, 4.69) is 23.8 Å². The Morgan fingerprint density at radius 1 is 1.36 bits per heavy atom. The number of benzene rings is 1. The number of pyridine rings is 1. The fourth-order valence-electron chi connectivity index (χ4n) is 3.01. The van der Waals surface area contributed by atoms with Gasteiger partial charge >= 0.3 is 0 Å². The third-order valence-electron chi connectivity index (χ3n) is 4.44. The first kappa shape index (κ1) is 16.7. The lowest BCUT2D eigenvalue weighted by molar-refractivity contribution is 0.851. The SMILES string of the molecule is CCSNc1cc(-c2cc(C)c(=O)n(C)c2)c2sc(C3CC3)nc2c1. The number of anilines is 1. The molecule has 0 bridgehead atoms. The molecule has 2 heterocycles. The molecule has 4 nitrogen and oxygen atoms in total. The molecule has 1 aromatic carbocycles. The lowest BCUT2D eigenvalue weighted by atomic mass is 10.0. The Balaban J connectivity index is 1.91. The van der Waals surface area contributed by atoms with Gasteiger partial charge in [-0.1, -0.05) is 18.9 Å². The van der Waals surface area contributed by atoms with Gasteiger partial charge in [0.15, 0.2) is 0 Å². The summed E-state index contributed by atoms with van der Waals surface area (Å²) in [7, 11) is 1.81. The van der Waals surface area contributed by atoms with Crippen LogP contribution < -0.4 is 10.3 Å². The van der Waals surface area contributed by atoms with Crippen LogP contribution in [0.3, 0.4) is 0 Å². The van der Waals surface area contributed by atoms with E-state index >= 15 is 0 Å². The fraction of sp³-hybridized carbons (Fsp3) is 0.368. The number of aromatic nitrogens is 2. The summed E-state index contributed by atoms with van der Waals surface area (Å²) in [6.07, 6.45) is 4.44. The minimum atomic E-state index is 0.0544. The van der Waals surface area contributed by atoms with E-state index in [-0.39, 0.29) is 5.56 Å². The van der Waals surface area contributed by atoms with Gasteiger partial charge in [0, 0.05) is 47.3 Å².